The normalized spacial score (nSPS) is 10.1. The molecule has 1 N–H and O–H groups in total. The highest BCUT2D eigenvalue weighted by Gasteiger charge is 2.13. The molecule has 0 bridgehead atoms. The number of ketones is 1. The van der Waals surface area contributed by atoms with E-state index in [0.717, 1.165) is 5.57 Å². The minimum absolute atomic E-state index is 0.0712. The van der Waals surface area contributed by atoms with Crippen molar-refractivity contribution in [2.45, 2.75) is 13.8 Å². The number of benzene rings is 1. The predicted octanol–water partition coefficient (Wildman–Crippen LogP) is 4.16. The summed E-state index contributed by atoms with van der Waals surface area (Å²) in [4.78, 5) is 24.3. The van der Waals surface area contributed by atoms with Crippen LogP contribution in [0.2, 0.25) is 0 Å². The molecule has 1 aromatic heterocycles. The van der Waals surface area contributed by atoms with Crippen molar-refractivity contribution in [2.24, 2.45) is 0 Å². The van der Waals surface area contributed by atoms with Crippen LogP contribution in [0.5, 0.6) is 5.75 Å². The number of nitrogens with one attached hydrogen (secondary N) is 1. The molecule has 0 saturated carbocycles. The summed E-state index contributed by atoms with van der Waals surface area (Å²) >= 11 is 1.35. The second-order valence-electron chi connectivity index (χ2n) is 4.94. The zero-order valence-corrected chi connectivity index (χ0v) is 13.3. The second kappa shape index (κ2) is 7.04. The summed E-state index contributed by atoms with van der Waals surface area (Å²) < 4.78 is 5.63. The van der Waals surface area contributed by atoms with Crippen LogP contribution in [0.4, 0.5) is 5.69 Å². The van der Waals surface area contributed by atoms with Gasteiger partial charge in [0.15, 0.2) is 5.78 Å². The van der Waals surface area contributed by atoms with E-state index in [1.54, 1.807) is 24.3 Å². The lowest BCUT2D eigenvalue weighted by molar-refractivity contribution is 0.101. The van der Waals surface area contributed by atoms with Gasteiger partial charge in [-0.05, 0) is 49.1 Å². The summed E-state index contributed by atoms with van der Waals surface area (Å²) in [5.41, 5.74) is 1.86. The number of hydrogen-bond donors (Lipinski definition) is 1. The monoisotopic (exact) mass is 315 g/mol. The van der Waals surface area contributed by atoms with E-state index in [1.165, 1.54) is 18.3 Å². The average Bonchev–Trinajstić information content (AvgIpc) is 2.99. The van der Waals surface area contributed by atoms with Gasteiger partial charge in [0.1, 0.15) is 12.4 Å². The number of rotatable bonds is 6. The van der Waals surface area contributed by atoms with Crippen molar-refractivity contribution in [1.82, 2.24) is 0 Å². The first-order valence-electron chi connectivity index (χ1n) is 6.74. The Morgan fingerprint density at radius 2 is 2.05 bits per heavy atom. The molecule has 1 amide bonds. The highest BCUT2D eigenvalue weighted by molar-refractivity contribution is 7.12. The fourth-order valence-corrected chi connectivity index (χ4v) is 2.38. The van der Waals surface area contributed by atoms with Crippen LogP contribution in [0.15, 0.2) is 47.9 Å². The zero-order chi connectivity index (χ0) is 16.1. The Bertz CT molecular complexity index is 705. The molecule has 2 aromatic rings. The Hall–Kier alpha value is -2.40. The molecular weight excluding hydrogens is 298 g/mol. The van der Waals surface area contributed by atoms with Crippen LogP contribution < -0.4 is 10.1 Å². The SMILES string of the molecule is C=C(C)COc1ccc(C(C)=O)cc1NC(=O)c1cccs1. The van der Waals surface area contributed by atoms with Crippen molar-refractivity contribution in [3.63, 3.8) is 0 Å². The molecule has 0 spiro atoms. The molecule has 5 heteroatoms. The summed E-state index contributed by atoms with van der Waals surface area (Å²) in [7, 11) is 0. The molecule has 1 heterocycles. The van der Waals surface area contributed by atoms with E-state index in [9.17, 15) is 9.59 Å². The van der Waals surface area contributed by atoms with Crippen LogP contribution in [0.3, 0.4) is 0 Å². The fraction of sp³-hybridized carbons (Fsp3) is 0.176. The Labute approximate surface area is 133 Å². The molecule has 114 valence electrons. The van der Waals surface area contributed by atoms with Crippen LogP contribution in [0, 0.1) is 0 Å². The van der Waals surface area contributed by atoms with Crippen molar-refractivity contribution < 1.29 is 14.3 Å². The first-order chi connectivity index (χ1) is 10.5. The van der Waals surface area contributed by atoms with Crippen LogP contribution in [0.1, 0.15) is 33.9 Å². The summed E-state index contributed by atoms with van der Waals surface area (Å²) in [5, 5.41) is 4.63. The van der Waals surface area contributed by atoms with Crippen molar-refractivity contribution in [1.29, 1.82) is 0 Å². The van der Waals surface area contributed by atoms with E-state index in [4.69, 9.17) is 4.74 Å². The summed E-state index contributed by atoms with van der Waals surface area (Å²) in [6.07, 6.45) is 0. The Kier molecular flexibility index (Phi) is 5.12. The van der Waals surface area contributed by atoms with E-state index in [0.29, 0.717) is 28.5 Å². The van der Waals surface area contributed by atoms with Crippen LogP contribution >= 0.6 is 11.3 Å². The lowest BCUT2D eigenvalue weighted by atomic mass is 10.1. The van der Waals surface area contributed by atoms with Gasteiger partial charge in [-0.3, -0.25) is 9.59 Å². The lowest BCUT2D eigenvalue weighted by Gasteiger charge is -2.13. The largest absolute Gasteiger partial charge is 0.487 e. The van der Waals surface area contributed by atoms with E-state index in [1.807, 2.05) is 18.4 Å². The molecule has 1 aromatic carbocycles. The molecule has 0 aliphatic carbocycles. The molecule has 22 heavy (non-hydrogen) atoms. The van der Waals surface area contributed by atoms with Gasteiger partial charge in [-0.15, -0.1) is 11.3 Å². The molecular formula is C17H17NO3S. The number of thiophene rings is 1. The van der Waals surface area contributed by atoms with Crippen molar-refractivity contribution in [2.75, 3.05) is 11.9 Å². The molecule has 0 saturated heterocycles. The van der Waals surface area contributed by atoms with Gasteiger partial charge in [0.2, 0.25) is 0 Å². The van der Waals surface area contributed by atoms with Crippen LogP contribution in [-0.2, 0) is 0 Å². The Morgan fingerprint density at radius 3 is 2.64 bits per heavy atom. The maximum absolute atomic E-state index is 12.2. The van der Waals surface area contributed by atoms with Gasteiger partial charge in [0.05, 0.1) is 10.6 Å². The van der Waals surface area contributed by atoms with Crippen molar-refractivity contribution in [3.05, 3.63) is 58.3 Å². The minimum atomic E-state index is -0.226. The van der Waals surface area contributed by atoms with Gasteiger partial charge >= 0.3 is 0 Å². The molecule has 0 fully saturated rings. The van der Waals surface area contributed by atoms with Gasteiger partial charge in [-0.1, -0.05) is 12.6 Å². The molecule has 2 rings (SSSR count). The Balaban J connectivity index is 2.28. The number of hydrogen-bond acceptors (Lipinski definition) is 4. The molecule has 0 aliphatic heterocycles. The van der Waals surface area contributed by atoms with Gasteiger partial charge in [0.25, 0.3) is 5.91 Å². The molecule has 0 unspecified atom stereocenters. The molecule has 0 atom stereocenters. The van der Waals surface area contributed by atoms with Crippen LogP contribution in [-0.4, -0.2) is 18.3 Å². The summed E-state index contributed by atoms with van der Waals surface area (Å²) in [6, 6.07) is 8.54. The smallest absolute Gasteiger partial charge is 0.265 e. The predicted molar refractivity (Wildman–Crippen MR) is 89.0 cm³/mol. The van der Waals surface area contributed by atoms with Crippen molar-refractivity contribution >= 4 is 28.7 Å². The van der Waals surface area contributed by atoms with E-state index >= 15 is 0 Å². The summed E-state index contributed by atoms with van der Waals surface area (Å²) in [6.45, 7) is 7.47. The van der Waals surface area contributed by atoms with E-state index in [2.05, 4.69) is 11.9 Å². The standard InChI is InChI=1S/C17H17NO3S/c1-11(2)10-21-15-7-6-13(12(3)19)9-14(15)18-17(20)16-5-4-8-22-16/h4-9H,1,10H2,2-3H3,(H,18,20). The maximum atomic E-state index is 12.2. The third kappa shape index (κ3) is 4.05. The number of ether oxygens (including phenoxy) is 1. The zero-order valence-electron chi connectivity index (χ0n) is 12.5. The number of Topliss-reactive ketones (excluding diaryl/α,β-unsaturated/α-hetero) is 1. The number of carbonyl (C=O) groups is 2. The van der Waals surface area contributed by atoms with Crippen molar-refractivity contribution in [3.8, 4) is 5.75 Å². The first-order valence-corrected chi connectivity index (χ1v) is 7.62. The van der Waals surface area contributed by atoms with Gasteiger partial charge in [0, 0.05) is 5.56 Å². The second-order valence-corrected chi connectivity index (χ2v) is 5.89. The Morgan fingerprint density at radius 1 is 1.27 bits per heavy atom. The topological polar surface area (TPSA) is 55.4 Å². The lowest BCUT2D eigenvalue weighted by Crippen LogP contribution is -2.12. The number of amides is 1. The average molecular weight is 315 g/mol. The quantitative estimate of drug-likeness (QED) is 0.643. The third-order valence-electron chi connectivity index (χ3n) is 2.85. The summed E-state index contributed by atoms with van der Waals surface area (Å²) in [5.74, 6) is 0.215. The molecule has 0 aliphatic rings. The first kappa shape index (κ1) is 16.0. The van der Waals surface area contributed by atoms with Crippen LogP contribution in [0.25, 0.3) is 0 Å². The highest BCUT2D eigenvalue weighted by Crippen LogP contribution is 2.27. The van der Waals surface area contributed by atoms with Gasteiger partial charge in [-0.2, -0.15) is 0 Å². The van der Waals surface area contributed by atoms with Gasteiger partial charge < -0.3 is 10.1 Å². The minimum Gasteiger partial charge on any atom is -0.487 e. The van der Waals surface area contributed by atoms with E-state index < -0.39 is 0 Å². The maximum Gasteiger partial charge on any atom is 0.265 e. The number of carbonyl (C=O) groups excluding carboxylic acids is 2. The van der Waals surface area contributed by atoms with Gasteiger partial charge in [-0.25, -0.2) is 0 Å². The number of anilines is 1. The molecule has 0 radical (unpaired) electrons. The molecule has 4 nitrogen and oxygen atoms in total. The third-order valence-corrected chi connectivity index (χ3v) is 3.72. The fourth-order valence-electron chi connectivity index (χ4n) is 1.77. The van der Waals surface area contributed by atoms with E-state index in [-0.39, 0.29) is 11.7 Å². The highest BCUT2D eigenvalue weighted by atomic mass is 32.1.